The van der Waals surface area contributed by atoms with Gasteiger partial charge < -0.3 is 14.6 Å². The van der Waals surface area contributed by atoms with Crippen LogP contribution in [0.3, 0.4) is 0 Å². The third-order valence-electron chi connectivity index (χ3n) is 4.21. The first-order chi connectivity index (χ1) is 8.91. The second kappa shape index (κ2) is 4.85. The van der Waals surface area contributed by atoms with Crippen molar-refractivity contribution in [2.45, 2.75) is 25.7 Å². The van der Waals surface area contributed by atoms with Crippen LogP contribution >= 0.6 is 0 Å². The minimum absolute atomic E-state index is 0.119. The predicted octanol–water partition coefficient (Wildman–Crippen LogP) is 2.46. The number of carboxylic acids is 1. The van der Waals surface area contributed by atoms with E-state index < -0.39 is 5.97 Å². The van der Waals surface area contributed by atoms with Crippen LogP contribution in [-0.4, -0.2) is 31.4 Å². The van der Waals surface area contributed by atoms with Crippen molar-refractivity contribution in [2.75, 3.05) is 20.3 Å². The molecule has 0 radical (unpaired) electrons. The van der Waals surface area contributed by atoms with Crippen LogP contribution in [0.4, 0.5) is 0 Å². The van der Waals surface area contributed by atoms with Crippen LogP contribution in [0.2, 0.25) is 0 Å². The van der Waals surface area contributed by atoms with Gasteiger partial charge >= 0.3 is 5.97 Å². The number of hydrogen-bond donors (Lipinski definition) is 1. The number of ether oxygens (including phenoxy) is 2. The molecule has 1 saturated heterocycles. The Morgan fingerprint density at radius 3 is 2.63 bits per heavy atom. The molecule has 104 valence electrons. The number of aliphatic carboxylic acids is 1. The second-order valence-electron chi connectivity index (χ2n) is 5.76. The molecule has 1 N–H and O–H groups in total. The van der Waals surface area contributed by atoms with Gasteiger partial charge in [-0.2, -0.15) is 0 Å². The molecule has 0 atom stereocenters. The van der Waals surface area contributed by atoms with E-state index in [1.807, 2.05) is 38.1 Å². The molecule has 4 heteroatoms. The summed E-state index contributed by atoms with van der Waals surface area (Å²) in [5.74, 6) is 0.00840. The van der Waals surface area contributed by atoms with Gasteiger partial charge in [-0.1, -0.05) is 26.0 Å². The Balaban J connectivity index is 2.39. The van der Waals surface area contributed by atoms with E-state index in [0.29, 0.717) is 13.2 Å². The molecule has 0 aromatic heterocycles. The van der Waals surface area contributed by atoms with E-state index in [2.05, 4.69) is 0 Å². The van der Waals surface area contributed by atoms with Gasteiger partial charge in [0.15, 0.2) is 0 Å². The van der Waals surface area contributed by atoms with Crippen molar-refractivity contribution < 1.29 is 19.4 Å². The lowest BCUT2D eigenvalue weighted by molar-refractivity contribution is -0.151. The summed E-state index contributed by atoms with van der Waals surface area (Å²) in [6, 6.07) is 7.83. The smallest absolute Gasteiger partial charge is 0.303 e. The largest absolute Gasteiger partial charge is 0.497 e. The van der Waals surface area contributed by atoms with Gasteiger partial charge in [0, 0.05) is 5.41 Å². The first-order valence-electron chi connectivity index (χ1n) is 6.35. The molecule has 19 heavy (non-hydrogen) atoms. The lowest BCUT2D eigenvalue weighted by Crippen LogP contribution is -2.57. The highest BCUT2D eigenvalue weighted by Crippen LogP contribution is 2.49. The van der Waals surface area contributed by atoms with Crippen LogP contribution in [0, 0.1) is 5.41 Å². The fourth-order valence-corrected chi connectivity index (χ4v) is 2.72. The van der Waals surface area contributed by atoms with E-state index in [0.717, 1.165) is 11.3 Å². The normalized spacial score (nSPS) is 17.6. The van der Waals surface area contributed by atoms with Crippen LogP contribution in [0.15, 0.2) is 24.3 Å². The zero-order valence-corrected chi connectivity index (χ0v) is 11.6. The van der Waals surface area contributed by atoms with Gasteiger partial charge in [0.1, 0.15) is 5.75 Å². The molecule has 1 aromatic rings. The number of hydrogen-bond acceptors (Lipinski definition) is 3. The van der Waals surface area contributed by atoms with Crippen molar-refractivity contribution >= 4 is 5.97 Å². The number of rotatable bonds is 5. The fraction of sp³-hybridized carbons (Fsp3) is 0.533. The third kappa shape index (κ3) is 2.32. The third-order valence-corrected chi connectivity index (χ3v) is 4.21. The monoisotopic (exact) mass is 264 g/mol. The quantitative estimate of drug-likeness (QED) is 0.887. The van der Waals surface area contributed by atoms with E-state index in [1.54, 1.807) is 7.11 Å². The zero-order valence-electron chi connectivity index (χ0n) is 11.6. The van der Waals surface area contributed by atoms with E-state index in [4.69, 9.17) is 14.6 Å². The molecular formula is C15H20O4. The van der Waals surface area contributed by atoms with Crippen molar-refractivity contribution in [2.24, 2.45) is 5.41 Å². The fourth-order valence-electron chi connectivity index (χ4n) is 2.72. The van der Waals surface area contributed by atoms with Crippen LogP contribution in [0.5, 0.6) is 5.75 Å². The average Bonchev–Trinajstić information content (AvgIpc) is 2.25. The standard InChI is InChI=1S/C15H20O4/c1-14(2,8-13(16)17)15(9-19-10-15)11-5-4-6-12(7-11)18-3/h4-7H,8-10H2,1-3H3,(H,16,17). The van der Waals surface area contributed by atoms with E-state index in [1.165, 1.54) is 0 Å². The Bertz CT molecular complexity index is 475. The lowest BCUT2D eigenvalue weighted by atomic mass is 9.59. The maximum absolute atomic E-state index is 11.1. The highest BCUT2D eigenvalue weighted by atomic mass is 16.5. The first kappa shape index (κ1) is 13.9. The molecule has 1 aliphatic heterocycles. The van der Waals surface area contributed by atoms with E-state index in [9.17, 15) is 4.79 Å². The Kier molecular flexibility index (Phi) is 3.54. The van der Waals surface area contributed by atoms with Gasteiger partial charge in [0.05, 0.1) is 26.7 Å². The molecule has 0 aliphatic carbocycles. The summed E-state index contributed by atoms with van der Waals surface area (Å²) in [6.07, 6.45) is 0.119. The van der Waals surface area contributed by atoms with Gasteiger partial charge in [0.25, 0.3) is 0 Å². The molecule has 1 fully saturated rings. The summed E-state index contributed by atoms with van der Waals surface area (Å²) in [6.45, 7) is 5.09. The maximum Gasteiger partial charge on any atom is 0.303 e. The minimum Gasteiger partial charge on any atom is -0.497 e. The molecule has 0 saturated carbocycles. The molecule has 2 rings (SSSR count). The molecule has 0 bridgehead atoms. The van der Waals surface area contributed by atoms with Crippen LogP contribution in [0.1, 0.15) is 25.8 Å². The molecule has 0 unspecified atom stereocenters. The molecule has 1 heterocycles. The van der Waals surface area contributed by atoms with Crippen molar-refractivity contribution in [3.8, 4) is 5.75 Å². The summed E-state index contributed by atoms with van der Waals surface area (Å²) in [7, 11) is 1.63. The summed E-state index contributed by atoms with van der Waals surface area (Å²) in [4.78, 5) is 11.1. The van der Waals surface area contributed by atoms with Gasteiger partial charge in [-0.25, -0.2) is 0 Å². The molecule has 4 nitrogen and oxygen atoms in total. The Morgan fingerprint density at radius 2 is 2.16 bits per heavy atom. The van der Waals surface area contributed by atoms with Gasteiger partial charge in [-0.3, -0.25) is 4.79 Å². The van der Waals surface area contributed by atoms with E-state index in [-0.39, 0.29) is 17.3 Å². The summed E-state index contributed by atoms with van der Waals surface area (Å²) < 4.78 is 10.7. The van der Waals surface area contributed by atoms with Crippen molar-refractivity contribution in [1.82, 2.24) is 0 Å². The Labute approximate surface area is 113 Å². The Morgan fingerprint density at radius 1 is 1.47 bits per heavy atom. The summed E-state index contributed by atoms with van der Waals surface area (Å²) >= 11 is 0. The second-order valence-corrected chi connectivity index (χ2v) is 5.76. The average molecular weight is 264 g/mol. The molecule has 0 amide bonds. The SMILES string of the molecule is COc1cccc(C2(C(C)(C)CC(=O)O)COC2)c1. The highest BCUT2D eigenvalue weighted by Gasteiger charge is 2.52. The van der Waals surface area contributed by atoms with Crippen LogP contribution in [-0.2, 0) is 14.9 Å². The number of carbonyl (C=O) groups is 1. The van der Waals surface area contributed by atoms with Gasteiger partial charge in [0.2, 0.25) is 0 Å². The minimum atomic E-state index is -0.779. The zero-order chi connectivity index (χ0) is 14.1. The molecule has 0 spiro atoms. The maximum atomic E-state index is 11.1. The molecule has 1 aliphatic rings. The topological polar surface area (TPSA) is 55.8 Å². The van der Waals surface area contributed by atoms with Gasteiger partial charge in [-0.05, 0) is 23.1 Å². The molecular weight excluding hydrogens is 244 g/mol. The Hall–Kier alpha value is -1.55. The number of carboxylic acid groups (broad SMARTS) is 1. The summed E-state index contributed by atoms with van der Waals surface area (Å²) in [5.41, 5.74) is 0.466. The van der Waals surface area contributed by atoms with Crippen LogP contribution in [0.25, 0.3) is 0 Å². The number of methoxy groups -OCH3 is 1. The lowest BCUT2D eigenvalue weighted by Gasteiger charge is -2.52. The van der Waals surface area contributed by atoms with Crippen LogP contribution < -0.4 is 4.74 Å². The highest BCUT2D eigenvalue weighted by molar-refractivity contribution is 5.68. The van der Waals surface area contributed by atoms with Crippen molar-refractivity contribution in [3.63, 3.8) is 0 Å². The van der Waals surface area contributed by atoms with Crippen molar-refractivity contribution in [3.05, 3.63) is 29.8 Å². The van der Waals surface area contributed by atoms with Crippen molar-refractivity contribution in [1.29, 1.82) is 0 Å². The first-order valence-corrected chi connectivity index (χ1v) is 6.35. The number of benzene rings is 1. The van der Waals surface area contributed by atoms with E-state index >= 15 is 0 Å². The molecule has 1 aromatic carbocycles. The summed E-state index contributed by atoms with van der Waals surface area (Å²) in [5, 5.41) is 9.11. The predicted molar refractivity (Wildman–Crippen MR) is 71.5 cm³/mol. The van der Waals surface area contributed by atoms with Gasteiger partial charge in [-0.15, -0.1) is 0 Å².